The highest BCUT2D eigenvalue weighted by atomic mass is 16.4. The minimum atomic E-state index is -1.38. The molecule has 8 heteroatoms. The number of carboxylic acid groups (broad SMARTS) is 1. The number of nitrogens with zero attached hydrogens (tertiary/aromatic N) is 3. The minimum Gasteiger partial charge on any atom is -0.480 e. The van der Waals surface area contributed by atoms with Crippen molar-refractivity contribution in [1.82, 2.24) is 15.2 Å². The molecule has 0 aromatic carbocycles. The number of hydrogen-bond acceptors (Lipinski definition) is 5. The highest BCUT2D eigenvalue weighted by Crippen LogP contribution is 2.04. The summed E-state index contributed by atoms with van der Waals surface area (Å²) in [5.41, 5.74) is 0.751. The van der Waals surface area contributed by atoms with E-state index in [0.29, 0.717) is 0 Å². The fourth-order valence-corrected chi connectivity index (χ4v) is 1.58. The van der Waals surface area contributed by atoms with E-state index in [9.17, 15) is 9.59 Å². The van der Waals surface area contributed by atoms with Gasteiger partial charge in [0.05, 0.1) is 19.1 Å². The van der Waals surface area contributed by atoms with Crippen molar-refractivity contribution in [2.24, 2.45) is 0 Å². The van der Waals surface area contributed by atoms with Gasteiger partial charge in [0.15, 0.2) is 6.04 Å². The third-order valence-corrected chi connectivity index (χ3v) is 2.66. The van der Waals surface area contributed by atoms with E-state index in [1.165, 1.54) is 4.90 Å². The standard InChI is InChI=1S/C13H16N4O4/c14-4-2-6-17(8-10-3-1-5-15-7-10)13(21)16-11(9-18)12(19)20/h1,3,5,7,11,18H,2,6,8-9H2,(H,16,21)(H,19,20)/t11-/m1/s1. The van der Waals surface area contributed by atoms with Crippen LogP contribution in [0.4, 0.5) is 4.79 Å². The molecule has 0 saturated carbocycles. The largest absolute Gasteiger partial charge is 0.480 e. The highest BCUT2D eigenvalue weighted by Gasteiger charge is 2.22. The molecule has 0 saturated heterocycles. The summed E-state index contributed by atoms with van der Waals surface area (Å²) in [7, 11) is 0. The molecule has 0 spiro atoms. The summed E-state index contributed by atoms with van der Waals surface area (Å²) in [6, 6.07) is 3.37. The summed E-state index contributed by atoms with van der Waals surface area (Å²) in [6.07, 6.45) is 3.29. The van der Waals surface area contributed by atoms with Crippen LogP contribution in [0.15, 0.2) is 24.5 Å². The van der Waals surface area contributed by atoms with Crippen molar-refractivity contribution in [2.45, 2.75) is 19.0 Å². The van der Waals surface area contributed by atoms with Crippen LogP contribution in [-0.4, -0.2) is 51.3 Å². The Morgan fingerprint density at radius 2 is 2.29 bits per heavy atom. The average molecular weight is 292 g/mol. The predicted octanol–water partition coefficient (Wildman–Crippen LogP) is -0.0476. The molecule has 21 heavy (non-hydrogen) atoms. The topological polar surface area (TPSA) is 127 Å². The number of aliphatic hydroxyl groups is 1. The molecule has 112 valence electrons. The number of pyridine rings is 1. The van der Waals surface area contributed by atoms with Crippen LogP contribution in [0.1, 0.15) is 12.0 Å². The van der Waals surface area contributed by atoms with Crippen molar-refractivity contribution >= 4 is 12.0 Å². The van der Waals surface area contributed by atoms with Crippen molar-refractivity contribution in [1.29, 1.82) is 5.26 Å². The van der Waals surface area contributed by atoms with E-state index < -0.39 is 24.6 Å². The molecule has 0 unspecified atom stereocenters. The lowest BCUT2D eigenvalue weighted by atomic mass is 10.2. The highest BCUT2D eigenvalue weighted by molar-refractivity contribution is 5.82. The second kappa shape index (κ2) is 8.50. The summed E-state index contributed by atoms with van der Waals surface area (Å²) >= 11 is 0. The number of aliphatic hydroxyl groups excluding tert-OH is 1. The molecule has 1 aromatic heterocycles. The van der Waals surface area contributed by atoms with E-state index >= 15 is 0 Å². The second-order valence-corrected chi connectivity index (χ2v) is 4.21. The van der Waals surface area contributed by atoms with E-state index in [-0.39, 0.29) is 19.5 Å². The maximum atomic E-state index is 12.0. The normalized spacial score (nSPS) is 11.2. The van der Waals surface area contributed by atoms with Gasteiger partial charge in [-0.1, -0.05) is 6.07 Å². The SMILES string of the molecule is N#CCCN(Cc1cccnc1)C(=O)N[C@H](CO)C(=O)O. The molecule has 0 aliphatic heterocycles. The summed E-state index contributed by atoms with van der Waals surface area (Å²) in [5.74, 6) is -1.33. The number of carbonyl (C=O) groups excluding carboxylic acids is 1. The Morgan fingerprint density at radius 1 is 1.52 bits per heavy atom. The van der Waals surface area contributed by atoms with E-state index in [1.807, 2.05) is 6.07 Å². The number of amides is 2. The number of urea groups is 1. The summed E-state index contributed by atoms with van der Waals surface area (Å²) < 4.78 is 0. The van der Waals surface area contributed by atoms with E-state index in [2.05, 4.69) is 10.3 Å². The van der Waals surface area contributed by atoms with Crippen LogP contribution in [0.25, 0.3) is 0 Å². The first-order valence-electron chi connectivity index (χ1n) is 6.23. The van der Waals surface area contributed by atoms with Gasteiger partial charge in [0, 0.05) is 25.5 Å². The lowest BCUT2D eigenvalue weighted by Crippen LogP contribution is -2.49. The second-order valence-electron chi connectivity index (χ2n) is 4.21. The minimum absolute atomic E-state index is 0.116. The smallest absolute Gasteiger partial charge is 0.328 e. The van der Waals surface area contributed by atoms with Gasteiger partial charge in [0.1, 0.15) is 0 Å². The number of carbonyl (C=O) groups is 2. The zero-order chi connectivity index (χ0) is 15.7. The molecule has 1 aromatic rings. The number of nitriles is 1. The third kappa shape index (κ3) is 5.46. The molecule has 1 atom stereocenters. The molecule has 0 aliphatic rings. The van der Waals surface area contributed by atoms with Gasteiger partial charge in [-0.05, 0) is 11.6 Å². The molecule has 1 heterocycles. The lowest BCUT2D eigenvalue weighted by molar-refractivity contribution is -0.140. The van der Waals surface area contributed by atoms with Crippen LogP contribution >= 0.6 is 0 Å². The number of aromatic nitrogens is 1. The van der Waals surface area contributed by atoms with Gasteiger partial charge in [-0.25, -0.2) is 9.59 Å². The molecule has 0 aliphatic carbocycles. The molecule has 0 fully saturated rings. The van der Waals surface area contributed by atoms with Crippen LogP contribution in [0.2, 0.25) is 0 Å². The number of nitrogens with one attached hydrogen (secondary N) is 1. The maximum absolute atomic E-state index is 12.0. The molecule has 1 rings (SSSR count). The summed E-state index contributed by atoms with van der Waals surface area (Å²) in [4.78, 5) is 28.1. The number of hydrogen-bond donors (Lipinski definition) is 3. The predicted molar refractivity (Wildman–Crippen MR) is 71.9 cm³/mol. The van der Waals surface area contributed by atoms with Crippen LogP contribution in [0, 0.1) is 11.3 Å². The van der Waals surface area contributed by atoms with E-state index in [0.717, 1.165) is 5.56 Å². The molecule has 0 bridgehead atoms. The number of aliphatic carboxylic acids is 1. The van der Waals surface area contributed by atoms with Gasteiger partial charge < -0.3 is 20.4 Å². The summed E-state index contributed by atoms with van der Waals surface area (Å²) in [6.45, 7) is -0.367. The van der Waals surface area contributed by atoms with Gasteiger partial charge in [-0.2, -0.15) is 5.26 Å². The van der Waals surface area contributed by atoms with Gasteiger partial charge in [0.2, 0.25) is 0 Å². The third-order valence-electron chi connectivity index (χ3n) is 2.66. The monoisotopic (exact) mass is 292 g/mol. The average Bonchev–Trinajstić information content (AvgIpc) is 2.49. The fraction of sp³-hybridized carbons (Fsp3) is 0.385. The van der Waals surface area contributed by atoms with Crippen molar-refractivity contribution in [2.75, 3.05) is 13.2 Å². The molecular weight excluding hydrogens is 276 g/mol. The molecular formula is C13H16N4O4. The molecule has 0 radical (unpaired) electrons. The van der Waals surface area contributed by atoms with Gasteiger partial charge >= 0.3 is 12.0 Å². The molecule has 8 nitrogen and oxygen atoms in total. The number of rotatable bonds is 7. The quantitative estimate of drug-likeness (QED) is 0.647. The van der Waals surface area contributed by atoms with Crippen molar-refractivity contribution in [3.63, 3.8) is 0 Å². The van der Waals surface area contributed by atoms with Gasteiger partial charge in [-0.15, -0.1) is 0 Å². The van der Waals surface area contributed by atoms with Gasteiger partial charge in [-0.3, -0.25) is 4.98 Å². The van der Waals surface area contributed by atoms with E-state index in [1.54, 1.807) is 24.5 Å². The molecule has 2 amide bonds. The van der Waals surface area contributed by atoms with Crippen molar-refractivity contribution in [3.05, 3.63) is 30.1 Å². The maximum Gasteiger partial charge on any atom is 0.328 e. The Morgan fingerprint density at radius 3 is 2.81 bits per heavy atom. The zero-order valence-electron chi connectivity index (χ0n) is 11.3. The Kier molecular flexibility index (Phi) is 6.63. The zero-order valence-corrected chi connectivity index (χ0v) is 11.3. The molecule has 3 N–H and O–H groups in total. The first kappa shape index (κ1) is 16.4. The lowest BCUT2D eigenvalue weighted by Gasteiger charge is -2.23. The first-order valence-corrected chi connectivity index (χ1v) is 6.23. The van der Waals surface area contributed by atoms with Crippen molar-refractivity contribution in [3.8, 4) is 6.07 Å². The van der Waals surface area contributed by atoms with Crippen LogP contribution in [-0.2, 0) is 11.3 Å². The Bertz CT molecular complexity index is 515. The Balaban J connectivity index is 2.74. The first-order chi connectivity index (χ1) is 10.1. The fourth-order valence-electron chi connectivity index (χ4n) is 1.58. The van der Waals surface area contributed by atoms with Crippen molar-refractivity contribution < 1.29 is 19.8 Å². The van der Waals surface area contributed by atoms with Gasteiger partial charge in [0.25, 0.3) is 0 Å². The van der Waals surface area contributed by atoms with E-state index in [4.69, 9.17) is 15.5 Å². The van der Waals surface area contributed by atoms with Crippen LogP contribution in [0.5, 0.6) is 0 Å². The number of carboxylic acids is 1. The van der Waals surface area contributed by atoms with Crippen LogP contribution < -0.4 is 5.32 Å². The van der Waals surface area contributed by atoms with Crippen LogP contribution in [0.3, 0.4) is 0 Å². The summed E-state index contributed by atoms with van der Waals surface area (Å²) in [5, 5.41) is 28.6. The Hall–Kier alpha value is -2.66. The Labute approximate surface area is 121 Å².